The Morgan fingerprint density at radius 2 is 1.96 bits per heavy atom. The number of likely N-dealkylation sites (tertiary alicyclic amines) is 1. The largest absolute Gasteiger partial charge is 0.380 e. The highest BCUT2D eigenvalue weighted by Gasteiger charge is 2.52. The van der Waals surface area contributed by atoms with Gasteiger partial charge in [-0.25, -0.2) is 0 Å². The summed E-state index contributed by atoms with van der Waals surface area (Å²) in [6.07, 6.45) is 5.85. The highest BCUT2D eigenvalue weighted by atomic mass is 35.5. The lowest BCUT2D eigenvalue weighted by Gasteiger charge is -2.39. The molecule has 0 radical (unpaired) electrons. The number of halogens is 2. The van der Waals surface area contributed by atoms with Gasteiger partial charge in [0.25, 0.3) is 0 Å². The minimum atomic E-state index is -0.0973. The summed E-state index contributed by atoms with van der Waals surface area (Å²) in [5, 5.41) is 7.07. The third kappa shape index (κ3) is 3.91. The third-order valence-electron chi connectivity index (χ3n) is 6.08. The van der Waals surface area contributed by atoms with E-state index >= 15 is 0 Å². The molecule has 25 heavy (non-hydrogen) atoms. The van der Waals surface area contributed by atoms with E-state index in [1.807, 2.05) is 6.07 Å². The van der Waals surface area contributed by atoms with E-state index in [2.05, 4.69) is 39.8 Å². The Kier molecular flexibility index (Phi) is 7.01. The Morgan fingerprint density at radius 1 is 1.16 bits per heavy atom. The number of nitrogens with one attached hydrogen (secondary N) is 2. The number of anilines is 1. The van der Waals surface area contributed by atoms with Crippen molar-refractivity contribution in [2.24, 2.45) is 11.3 Å². The summed E-state index contributed by atoms with van der Waals surface area (Å²) in [5.41, 5.74) is 1.06. The number of rotatable bonds is 3. The lowest BCUT2D eigenvalue weighted by molar-refractivity contribution is -0.144. The smallest absolute Gasteiger partial charge is 0.230 e. The summed E-state index contributed by atoms with van der Waals surface area (Å²) in [6.45, 7) is 3.68. The standard InChI is InChI=1S/C19H27N3O.2ClH/c23-18(19-10-5-4-6-15(19)12-20-14-19)22-11-9-17(13-22)21-16-7-2-1-3-8-16;;/h1-3,7-8,15,17,20-21H,4-6,9-14H2;2*1H/t15-,17?,19+;;/m0../s1. The second-order valence-corrected chi connectivity index (χ2v) is 7.48. The number of carbonyl (C=O) groups excluding carboxylic acids is 1. The first-order chi connectivity index (χ1) is 11.3. The molecule has 3 aliphatic rings. The molecule has 1 unspecified atom stereocenters. The molecule has 0 spiro atoms. The van der Waals surface area contributed by atoms with E-state index in [9.17, 15) is 4.79 Å². The van der Waals surface area contributed by atoms with Gasteiger partial charge in [-0.3, -0.25) is 4.79 Å². The molecule has 3 atom stereocenters. The van der Waals surface area contributed by atoms with Gasteiger partial charge in [0.05, 0.1) is 5.41 Å². The zero-order chi connectivity index (χ0) is 15.7. The first-order valence-electron chi connectivity index (χ1n) is 9.10. The monoisotopic (exact) mass is 385 g/mol. The molecule has 6 heteroatoms. The lowest BCUT2D eigenvalue weighted by atomic mass is 9.67. The molecule has 1 aromatic rings. The topological polar surface area (TPSA) is 44.4 Å². The summed E-state index contributed by atoms with van der Waals surface area (Å²) in [4.78, 5) is 15.4. The summed E-state index contributed by atoms with van der Waals surface area (Å²) in [5.74, 6) is 0.981. The van der Waals surface area contributed by atoms with Gasteiger partial charge < -0.3 is 15.5 Å². The maximum atomic E-state index is 13.3. The van der Waals surface area contributed by atoms with Gasteiger partial charge in [0.2, 0.25) is 5.91 Å². The van der Waals surface area contributed by atoms with Gasteiger partial charge in [0.1, 0.15) is 0 Å². The van der Waals surface area contributed by atoms with Gasteiger partial charge in [-0.05, 0) is 43.9 Å². The van der Waals surface area contributed by atoms with Crippen molar-refractivity contribution in [3.63, 3.8) is 0 Å². The molecular weight excluding hydrogens is 357 g/mol. The molecule has 4 rings (SSSR count). The van der Waals surface area contributed by atoms with Crippen LogP contribution in [-0.2, 0) is 4.79 Å². The normalized spacial score (nSPS) is 30.8. The molecule has 0 bridgehead atoms. The molecule has 1 aliphatic carbocycles. The fourth-order valence-corrected chi connectivity index (χ4v) is 4.82. The van der Waals surface area contributed by atoms with Crippen LogP contribution in [0.15, 0.2) is 30.3 Å². The summed E-state index contributed by atoms with van der Waals surface area (Å²) in [7, 11) is 0. The predicted octanol–water partition coefficient (Wildman–Crippen LogP) is 3.32. The molecule has 0 aromatic heterocycles. The fourth-order valence-electron chi connectivity index (χ4n) is 4.82. The lowest BCUT2D eigenvalue weighted by Crippen LogP contribution is -2.49. The molecule has 140 valence electrons. The minimum Gasteiger partial charge on any atom is -0.380 e. The number of para-hydroxylation sites is 1. The van der Waals surface area contributed by atoms with E-state index in [-0.39, 0.29) is 30.2 Å². The summed E-state index contributed by atoms with van der Waals surface area (Å²) < 4.78 is 0. The number of carbonyl (C=O) groups is 1. The Hall–Kier alpha value is -0.970. The van der Waals surface area contributed by atoms with Crippen LogP contribution in [0.2, 0.25) is 0 Å². The van der Waals surface area contributed by atoms with E-state index in [4.69, 9.17) is 0 Å². The van der Waals surface area contributed by atoms with Crippen LogP contribution < -0.4 is 10.6 Å². The SMILES string of the molecule is Cl.Cl.O=C(N1CCC(Nc2ccccc2)C1)[C@@]12CCCC[C@H]1CNC2. The molecule has 3 fully saturated rings. The highest BCUT2D eigenvalue weighted by Crippen LogP contribution is 2.45. The van der Waals surface area contributed by atoms with Crippen molar-refractivity contribution in [2.45, 2.75) is 38.1 Å². The molecule has 4 nitrogen and oxygen atoms in total. The van der Waals surface area contributed by atoms with Gasteiger partial charge in [-0.1, -0.05) is 31.0 Å². The van der Waals surface area contributed by atoms with Crippen LogP contribution in [0.1, 0.15) is 32.1 Å². The van der Waals surface area contributed by atoms with Crippen LogP contribution >= 0.6 is 24.8 Å². The Labute approximate surface area is 162 Å². The highest BCUT2D eigenvalue weighted by molar-refractivity contribution is 5.86. The Morgan fingerprint density at radius 3 is 2.76 bits per heavy atom. The van der Waals surface area contributed by atoms with Crippen molar-refractivity contribution in [3.05, 3.63) is 30.3 Å². The molecule has 1 amide bonds. The number of benzene rings is 1. The van der Waals surface area contributed by atoms with Gasteiger partial charge in [-0.2, -0.15) is 0 Å². The van der Waals surface area contributed by atoms with Gasteiger partial charge in [-0.15, -0.1) is 24.8 Å². The minimum absolute atomic E-state index is 0. The first kappa shape index (κ1) is 20.3. The maximum absolute atomic E-state index is 13.3. The van der Waals surface area contributed by atoms with Crippen LogP contribution in [0.4, 0.5) is 5.69 Å². The van der Waals surface area contributed by atoms with Crippen molar-refractivity contribution >= 4 is 36.4 Å². The van der Waals surface area contributed by atoms with Crippen LogP contribution in [0.3, 0.4) is 0 Å². The third-order valence-corrected chi connectivity index (χ3v) is 6.08. The molecular formula is C19H29Cl2N3O. The summed E-state index contributed by atoms with van der Waals surface area (Å²) in [6, 6.07) is 10.7. The number of hydrogen-bond acceptors (Lipinski definition) is 3. The van der Waals surface area contributed by atoms with Crippen LogP contribution in [0.5, 0.6) is 0 Å². The van der Waals surface area contributed by atoms with E-state index < -0.39 is 0 Å². The van der Waals surface area contributed by atoms with Crippen LogP contribution in [-0.4, -0.2) is 43.0 Å². The molecule has 2 N–H and O–H groups in total. The average Bonchev–Trinajstić information content (AvgIpc) is 3.22. The Balaban J connectivity index is 0.00000113. The van der Waals surface area contributed by atoms with Crippen molar-refractivity contribution in [1.29, 1.82) is 0 Å². The van der Waals surface area contributed by atoms with E-state index in [1.54, 1.807) is 0 Å². The zero-order valence-electron chi connectivity index (χ0n) is 14.6. The second kappa shape index (κ2) is 8.61. The number of hydrogen-bond donors (Lipinski definition) is 2. The van der Waals surface area contributed by atoms with Gasteiger partial charge in [0, 0.05) is 31.4 Å². The summed E-state index contributed by atoms with van der Waals surface area (Å²) >= 11 is 0. The number of nitrogens with zero attached hydrogens (tertiary/aromatic N) is 1. The van der Waals surface area contributed by atoms with E-state index in [0.717, 1.165) is 44.7 Å². The first-order valence-corrected chi connectivity index (χ1v) is 9.10. The average molecular weight is 386 g/mol. The van der Waals surface area contributed by atoms with E-state index in [0.29, 0.717) is 17.9 Å². The van der Waals surface area contributed by atoms with Crippen molar-refractivity contribution in [1.82, 2.24) is 10.2 Å². The van der Waals surface area contributed by atoms with Gasteiger partial charge >= 0.3 is 0 Å². The van der Waals surface area contributed by atoms with Crippen molar-refractivity contribution in [2.75, 3.05) is 31.5 Å². The molecule has 2 heterocycles. The maximum Gasteiger partial charge on any atom is 0.230 e. The van der Waals surface area contributed by atoms with Crippen molar-refractivity contribution in [3.8, 4) is 0 Å². The number of fused-ring (bicyclic) bond motifs is 1. The Bertz CT molecular complexity index is 571. The molecule has 2 aliphatic heterocycles. The molecule has 2 saturated heterocycles. The predicted molar refractivity (Wildman–Crippen MR) is 107 cm³/mol. The van der Waals surface area contributed by atoms with E-state index in [1.165, 1.54) is 19.3 Å². The molecule has 1 saturated carbocycles. The zero-order valence-corrected chi connectivity index (χ0v) is 16.2. The quantitative estimate of drug-likeness (QED) is 0.838. The number of amides is 1. The second-order valence-electron chi connectivity index (χ2n) is 7.48. The van der Waals surface area contributed by atoms with Gasteiger partial charge in [0.15, 0.2) is 0 Å². The van der Waals surface area contributed by atoms with Crippen molar-refractivity contribution < 1.29 is 4.79 Å². The van der Waals surface area contributed by atoms with Crippen LogP contribution in [0.25, 0.3) is 0 Å². The fraction of sp³-hybridized carbons (Fsp3) is 0.632. The molecule has 1 aromatic carbocycles. The van der Waals surface area contributed by atoms with Crippen LogP contribution in [0, 0.1) is 11.3 Å².